The van der Waals surface area contributed by atoms with Gasteiger partial charge in [0, 0.05) is 21.4 Å². The van der Waals surface area contributed by atoms with Gasteiger partial charge in [-0.15, -0.1) is 0 Å². The van der Waals surface area contributed by atoms with Gasteiger partial charge in [-0.2, -0.15) is 0 Å². The molecule has 38 heavy (non-hydrogen) atoms. The number of nitrogens with one attached hydrogen (secondary N) is 1. The Morgan fingerprint density at radius 1 is 1.08 bits per heavy atom. The standard InChI is InChI=1S/C23H34N2O12S.H2/c1-15-17(37-21(29)36-15)13-33-22(30)38-23(3,4)18(24-20(28)35-14-34-16(2)26)19(27)32-10-6-5-7-25-8-11-31-12-9-25;/h18H,5-14H2,1-4H3,(H,24,28);1H/t18-;/m0./s1. The molecule has 1 saturated heterocycles. The van der Waals surface area contributed by atoms with Crippen LogP contribution in [-0.4, -0.2) is 85.3 Å². The van der Waals surface area contributed by atoms with Crippen molar-refractivity contribution in [1.82, 2.24) is 10.2 Å². The maximum atomic E-state index is 12.9. The summed E-state index contributed by atoms with van der Waals surface area (Å²) < 4.78 is 33.4. The second-order valence-corrected chi connectivity index (χ2v) is 10.4. The molecule has 0 aromatic carbocycles. The third kappa shape index (κ3) is 11.1. The number of thioether (sulfide) groups is 1. The van der Waals surface area contributed by atoms with Gasteiger partial charge in [-0.25, -0.2) is 19.2 Å². The van der Waals surface area contributed by atoms with Gasteiger partial charge in [0.25, 0.3) is 0 Å². The van der Waals surface area contributed by atoms with Gasteiger partial charge in [0.2, 0.25) is 6.79 Å². The van der Waals surface area contributed by atoms with Crippen LogP contribution in [-0.2, 0) is 39.9 Å². The fraction of sp³-hybridized carbons (Fsp3) is 0.696. The summed E-state index contributed by atoms with van der Waals surface area (Å²) in [5.41, 5.74) is 0. The first-order chi connectivity index (χ1) is 18.0. The zero-order chi connectivity index (χ0) is 28.1. The first kappa shape index (κ1) is 31.2. The molecule has 0 saturated carbocycles. The number of unbranched alkanes of at least 4 members (excludes halogenated alkanes) is 1. The molecule has 0 unspecified atom stereocenters. The molecule has 1 aliphatic rings. The molecule has 2 rings (SSSR count). The number of aryl methyl sites for hydroxylation is 1. The Labute approximate surface area is 225 Å². The highest BCUT2D eigenvalue weighted by Gasteiger charge is 2.41. The van der Waals surface area contributed by atoms with E-state index in [1.807, 2.05) is 0 Å². The monoisotopic (exact) mass is 564 g/mol. The normalized spacial score (nSPS) is 14.8. The number of carbonyl (C=O) groups is 4. The van der Waals surface area contributed by atoms with Crippen LogP contribution >= 0.6 is 11.8 Å². The van der Waals surface area contributed by atoms with Crippen molar-refractivity contribution in [2.45, 2.75) is 57.9 Å². The maximum absolute atomic E-state index is 12.9. The lowest BCUT2D eigenvalue weighted by Gasteiger charge is -2.31. The fourth-order valence-electron chi connectivity index (χ4n) is 3.29. The SMILES string of the molecule is CC(=O)OCOC(=O)N[C@@H](C(=O)OCCCCN1CCOCC1)C(C)(C)SC(=O)OCc1oc(=O)oc1C.[HH]. The summed E-state index contributed by atoms with van der Waals surface area (Å²) in [4.78, 5) is 62.0. The predicted molar refractivity (Wildman–Crippen MR) is 133 cm³/mol. The minimum absolute atomic E-state index is 0. The lowest BCUT2D eigenvalue weighted by atomic mass is 10.0. The number of carbonyl (C=O) groups excluding carboxylic acids is 4. The van der Waals surface area contributed by atoms with E-state index in [9.17, 15) is 24.0 Å². The lowest BCUT2D eigenvalue weighted by molar-refractivity contribution is -0.150. The smallest absolute Gasteiger partial charge is 0.464 e. The number of esters is 2. The molecular formula is C23H36N2O12S. The Morgan fingerprint density at radius 3 is 2.42 bits per heavy atom. The topological polar surface area (TPSA) is 173 Å². The van der Waals surface area contributed by atoms with E-state index >= 15 is 0 Å². The molecule has 1 aliphatic heterocycles. The van der Waals surface area contributed by atoms with Crippen molar-refractivity contribution in [2.24, 2.45) is 0 Å². The van der Waals surface area contributed by atoms with Crippen molar-refractivity contribution in [3.63, 3.8) is 0 Å². The van der Waals surface area contributed by atoms with Crippen LogP contribution in [0.3, 0.4) is 0 Å². The summed E-state index contributed by atoms with van der Waals surface area (Å²) in [7, 11) is 0. The van der Waals surface area contributed by atoms with E-state index in [0.717, 1.165) is 33.0 Å². The molecule has 216 valence electrons. The molecule has 1 aromatic heterocycles. The molecule has 0 radical (unpaired) electrons. The van der Waals surface area contributed by atoms with E-state index in [1.165, 1.54) is 20.8 Å². The van der Waals surface area contributed by atoms with Gasteiger partial charge in [0.05, 0.1) is 24.6 Å². The van der Waals surface area contributed by atoms with E-state index < -0.39 is 46.7 Å². The molecule has 2 heterocycles. The van der Waals surface area contributed by atoms with Crippen molar-refractivity contribution in [3.8, 4) is 0 Å². The first-order valence-corrected chi connectivity index (χ1v) is 12.8. The second-order valence-electron chi connectivity index (χ2n) is 8.77. The Bertz CT molecular complexity index is 1010. The number of nitrogens with zero attached hydrogens (tertiary/aromatic N) is 1. The summed E-state index contributed by atoms with van der Waals surface area (Å²) in [6, 6.07) is -1.34. The van der Waals surface area contributed by atoms with Gasteiger partial charge in [-0.1, -0.05) is 0 Å². The largest absolute Gasteiger partial charge is 0.519 e. The summed E-state index contributed by atoms with van der Waals surface area (Å²) in [6.07, 6.45) is 0.333. The van der Waals surface area contributed by atoms with E-state index in [4.69, 9.17) is 27.8 Å². The van der Waals surface area contributed by atoms with Gasteiger partial charge in [0.1, 0.15) is 6.04 Å². The molecule has 0 aliphatic carbocycles. The summed E-state index contributed by atoms with van der Waals surface area (Å²) in [5.74, 6) is -2.16. The molecule has 1 aromatic rings. The summed E-state index contributed by atoms with van der Waals surface area (Å²) >= 11 is 0.617. The molecule has 1 amide bonds. The minimum atomic E-state index is -1.34. The van der Waals surface area contributed by atoms with Crippen LogP contribution in [0.25, 0.3) is 0 Å². The quantitative estimate of drug-likeness (QED) is 0.160. The van der Waals surface area contributed by atoms with Crippen molar-refractivity contribution in [1.29, 1.82) is 0 Å². The summed E-state index contributed by atoms with van der Waals surface area (Å²) in [6.45, 7) is 8.70. The zero-order valence-electron chi connectivity index (χ0n) is 21.9. The highest BCUT2D eigenvalue weighted by Crippen LogP contribution is 2.31. The molecule has 14 nitrogen and oxygen atoms in total. The Morgan fingerprint density at radius 2 is 1.79 bits per heavy atom. The number of rotatable bonds is 13. The van der Waals surface area contributed by atoms with Crippen LogP contribution in [0.5, 0.6) is 0 Å². The van der Waals surface area contributed by atoms with E-state index in [0.29, 0.717) is 31.4 Å². The van der Waals surface area contributed by atoms with Gasteiger partial charge in [-0.3, -0.25) is 9.69 Å². The van der Waals surface area contributed by atoms with E-state index in [-0.39, 0.29) is 26.2 Å². The number of amides is 1. The van der Waals surface area contributed by atoms with E-state index in [2.05, 4.69) is 15.0 Å². The van der Waals surface area contributed by atoms with Gasteiger partial charge >= 0.3 is 29.2 Å². The molecule has 15 heteroatoms. The van der Waals surface area contributed by atoms with Crippen molar-refractivity contribution in [2.75, 3.05) is 46.2 Å². The molecular weight excluding hydrogens is 528 g/mol. The molecule has 1 fully saturated rings. The highest BCUT2D eigenvalue weighted by atomic mass is 32.2. The van der Waals surface area contributed by atoms with Crippen LogP contribution < -0.4 is 11.1 Å². The zero-order valence-corrected chi connectivity index (χ0v) is 22.7. The molecule has 1 atom stereocenters. The minimum Gasteiger partial charge on any atom is -0.464 e. The number of hydrogen-bond acceptors (Lipinski definition) is 14. The molecule has 1 N–H and O–H groups in total. The average molecular weight is 565 g/mol. The van der Waals surface area contributed by atoms with Crippen molar-refractivity contribution >= 4 is 35.1 Å². The average Bonchev–Trinajstić information content (AvgIpc) is 3.17. The third-order valence-corrected chi connectivity index (χ3v) is 6.41. The van der Waals surface area contributed by atoms with Gasteiger partial charge in [-0.05, 0) is 51.9 Å². The summed E-state index contributed by atoms with van der Waals surface area (Å²) in [5, 5.41) is 1.55. The molecule has 0 spiro atoms. The Balaban J connectivity index is 0.00000760. The Kier molecular flexibility index (Phi) is 12.6. The third-order valence-electron chi connectivity index (χ3n) is 5.37. The number of alkyl carbamates (subject to hydrolysis) is 1. The lowest BCUT2D eigenvalue weighted by Crippen LogP contribution is -2.54. The molecule has 0 bridgehead atoms. The number of morpholine rings is 1. The second kappa shape index (κ2) is 15.4. The number of hydrogen-bond donors (Lipinski definition) is 1. The van der Waals surface area contributed by atoms with Gasteiger partial charge in [0.15, 0.2) is 18.1 Å². The predicted octanol–water partition coefficient (Wildman–Crippen LogP) is 2.21. The van der Waals surface area contributed by atoms with Crippen LogP contribution in [0.15, 0.2) is 13.6 Å². The van der Waals surface area contributed by atoms with Crippen LogP contribution in [0.2, 0.25) is 0 Å². The van der Waals surface area contributed by atoms with Gasteiger partial charge < -0.3 is 37.8 Å². The van der Waals surface area contributed by atoms with Crippen molar-refractivity contribution in [3.05, 3.63) is 22.1 Å². The Hall–Kier alpha value is -3.04. The van der Waals surface area contributed by atoms with E-state index in [1.54, 1.807) is 0 Å². The number of ether oxygens (including phenoxy) is 5. The fourth-order valence-corrected chi connectivity index (χ4v) is 4.11. The van der Waals surface area contributed by atoms with Crippen LogP contribution in [0, 0.1) is 6.92 Å². The first-order valence-electron chi connectivity index (χ1n) is 12.0. The van der Waals surface area contributed by atoms with Crippen molar-refractivity contribution < 1.29 is 53.1 Å². The highest BCUT2D eigenvalue weighted by molar-refractivity contribution is 8.14. The maximum Gasteiger partial charge on any atom is 0.519 e. The van der Waals surface area contributed by atoms with Crippen LogP contribution in [0.4, 0.5) is 9.59 Å². The van der Waals surface area contributed by atoms with Crippen LogP contribution in [0.1, 0.15) is 46.6 Å².